The minimum absolute atomic E-state index is 0.0469. The predicted octanol–water partition coefficient (Wildman–Crippen LogP) is 2.88. The molecular weight excluding hydrogens is 414 g/mol. The monoisotopic (exact) mass is 443 g/mol. The highest BCUT2D eigenvalue weighted by atomic mass is 16.6. The van der Waals surface area contributed by atoms with Crippen LogP contribution in [-0.4, -0.2) is 61.7 Å². The highest BCUT2D eigenvalue weighted by molar-refractivity contribution is 5.70. The number of pyridine rings is 1. The van der Waals surface area contributed by atoms with Crippen molar-refractivity contribution in [2.24, 2.45) is 18.9 Å². The number of aryl methyl sites for hydroxylation is 1. The Kier molecular flexibility index (Phi) is 6.57. The van der Waals surface area contributed by atoms with Gasteiger partial charge in [-0.15, -0.1) is 5.10 Å². The number of aliphatic carboxylic acids is 1. The molecule has 2 aromatic heterocycles. The number of aromatic nitrogens is 4. The molecule has 0 aliphatic heterocycles. The molecule has 10 nitrogen and oxygen atoms in total. The maximum absolute atomic E-state index is 12.3. The third-order valence-electron chi connectivity index (χ3n) is 6.36. The summed E-state index contributed by atoms with van der Waals surface area (Å²) in [6, 6.07) is 3.56. The van der Waals surface area contributed by atoms with Crippen LogP contribution in [0, 0.1) is 11.8 Å². The summed E-state index contributed by atoms with van der Waals surface area (Å²) in [5.41, 5.74) is 1.78. The molecule has 32 heavy (non-hydrogen) atoms. The van der Waals surface area contributed by atoms with E-state index in [2.05, 4.69) is 15.3 Å². The Morgan fingerprint density at radius 3 is 2.69 bits per heavy atom. The van der Waals surface area contributed by atoms with Crippen LogP contribution in [0.3, 0.4) is 0 Å². The minimum atomic E-state index is -0.769. The highest BCUT2D eigenvalue weighted by Crippen LogP contribution is 2.30. The average molecular weight is 444 g/mol. The molecule has 0 bridgehead atoms. The maximum atomic E-state index is 12.3. The molecule has 2 saturated carbocycles. The van der Waals surface area contributed by atoms with Crippen molar-refractivity contribution in [1.82, 2.24) is 24.9 Å². The van der Waals surface area contributed by atoms with Crippen molar-refractivity contribution in [2.75, 3.05) is 13.6 Å². The second kappa shape index (κ2) is 9.54. The molecule has 1 N–H and O–H groups in total. The largest absolute Gasteiger partial charge is 0.489 e. The Balaban J connectivity index is 1.35. The number of hydrogen-bond donors (Lipinski definition) is 1. The summed E-state index contributed by atoms with van der Waals surface area (Å²) in [4.78, 5) is 29.5. The van der Waals surface area contributed by atoms with E-state index < -0.39 is 5.97 Å². The van der Waals surface area contributed by atoms with Crippen LogP contribution in [0.5, 0.6) is 5.75 Å². The summed E-state index contributed by atoms with van der Waals surface area (Å²) in [7, 11) is 3.50. The van der Waals surface area contributed by atoms with Gasteiger partial charge in [-0.25, -0.2) is 9.48 Å². The Hall–Kier alpha value is -3.17. The number of carbonyl (C=O) groups is 2. The molecule has 0 aromatic carbocycles. The molecule has 10 heteroatoms. The van der Waals surface area contributed by atoms with Gasteiger partial charge in [-0.2, -0.15) is 0 Å². The van der Waals surface area contributed by atoms with Gasteiger partial charge in [-0.05, 0) is 50.2 Å². The second-order valence-electron chi connectivity index (χ2n) is 8.71. The molecule has 1 unspecified atom stereocenters. The van der Waals surface area contributed by atoms with Crippen molar-refractivity contribution in [2.45, 2.75) is 51.2 Å². The molecule has 2 fully saturated rings. The van der Waals surface area contributed by atoms with E-state index in [0.29, 0.717) is 54.6 Å². The first-order chi connectivity index (χ1) is 15.4. The summed E-state index contributed by atoms with van der Waals surface area (Å²) in [6.07, 6.45) is 6.53. The highest BCUT2D eigenvalue weighted by Gasteiger charge is 2.31. The van der Waals surface area contributed by atoms with Crippen molar-refractivity contribution in [1.29, 1.82) is 0 Å². The van der Waals surface area contributed by atoms with Gasteiger partial charge in [0.25, 0.3) is 0 Å². The third kappa shape index (κ3) is 5.00. The molecule has 172 valence electrons. The fraction of sp³-hybridized carbons (Fsp3) is 0.591. The average Bonchev–Trinajstić information content (AvgIpc) is 3.36. The van der Waals surface area contributed by atoms with Gasteiger partial charge in [0.05, 0.1) is 23.9 Å². The lowest BCUT2D eigenvalue weighted by Gasteiger charge is -2.29. The van der Waals surface area contributed by atoms with E-state index in [4.69, 9.17) is 14.6 Å². The lowest BCUT2D eigenvalue weighted by atomic mass is 9.85. The molecule has 4 rings (SSSR count). The molecular formula is C22H29N5O5. The van der Waals surface area contributed by atoms with Crippen molar-refractivity contribution >= 4 is 12.1 Å². The van der Waals surface area contributed by atoms with Crippen LogP contribution >= 0.6 is 0 Å². The zero-order chi connectivity index (χ0) is 22.7. The minimum Gasteiger partial charge on any atom is -0.489 e. The summed E-state index contributed by atoms with van der Waals surface area (Å²) in [6.45, 7) is 0.762. The normalized spacial score (nSPS) is 20.6. The first-order valence-electron chi connectivity index (χ1n) is 11.0. The van der Waals surface area contributed by atoms with Gasteiger partial charge < -0.3 is 19.5 Å². The van der Waals surface area contributed by atoms with Crippen molar-refractivity contribution in [3.8, 4) is 17.1 Å². The number of hydrogen-bond acceptors (Lipinski definition) is 7. The number of ether oxygens (including phenoxy) is 2. The SMILES string of the molecule is CN(CC1CCC1)C(=O)OCc1c(-c2ccc(OC3CC[C@H](C(=O)O)C3)cn2)nnn1C. The van der Waals surface area contributed by atoms with E-state index in [9.17, 15) is 9.59 Å². The van der Waals surface area contributed by atoms with Crippen molar-refractivity contribution in [3.05, 3.63) is 24.0 Å². The summed E-state index contributed by atoms with van der Waals surface area (Å²) < 4.78 is 13.0. The van der Waals surface area contributed by atoms with Gasteiger partial charge in [0, 0.05) is 20.6 Å². The van der Waals surface area contributed by atoms with E-state index in [1.165, 1.54) is 19.3 Å². The zero-order valence-electron chi connectivity index (χ0n) is 18.4. The molecule has 0 radical (unpaired) electrons. The molecule has 1 amide bonds. The molecule has 2 heterocycles. The number of amides is 1. The van der Waals surface area contributed by atoms with Crippen LogP contribution in [0.25, 0.3) is 11.4 Å². The molecule has 2 atom stereocenters. The number of nitrogens with zero attached hydrogens (tertiary/aromatic N) is 5. The van der Waals surface area contributed by atoms with Crippen LogP contribution in [-0.2, 0) is 23.2 Å². The van der Waals surface area contributed by atoms with E-state index in [0.717, 1.165) is 0 Å². The smallest absolute Gasteiger partial charge is 0.409 e. The van der Waals surface area contributed by atoms with E-state index in [1.54, 1.807) is 42.0 Å². The molecule has 0 saturated heterocycles. The number of carboxylic acid groups (broad SMARTS) is 1. The van der Waals surface area contributed by atoms with E-state index >= 15 is 0 Å². The Labute approximate surface area is 186 Å². The lowest BCUT2D eigenvalue weighted by Crippen LogP contribution is -2.34. The summed E-state index contributed by atoms with van der Waals surface area (Å²) in [5, 5.41) is 17.4. The summed E-state index contributed by atoms with van der Waals surface area (Å²) in [5.74, 6) is 0.0458. The van der Waals surface area contributed by atoms with Gasteiger partial charge in [0.2, 0.25) is 0 Å². The predicted molar refractivity (Wildman–Crippen MR) is 114 cm³/mol. The lowest BCUT2D eigenvalue weighted by molar-refractivity contribution is -0.141. The fourth-order valence-electron chi connectivity index (χ4n) is 4.17. The topological polar surface area (TPSA) is 120 Å². The first-order valence-corrected chi connectivity index (χ1v) is 11.0. The Morgan fingerprint density at radius 1 is 1.25 bits per heavy atom. The Morgan fingerprint density at radius 2 is 2.06 bits per heavy atom. The number of carboxylic acids is 1. The zero-order valence-corrected chi connectivity index (χ0v) is 18.4. The van der Waals surface area contributed by atoms with Crippen LogP contribution in [0.1, 0.15) is 44.2 Å². The van der Waals surface area contributed by atoms with Crippen LogP contribution in [0.2, 0.25) is 0 Å². The molecule has 2 aliphatic rings. The standard InChI is InChI=1S/C22H29N5O5/c1-26(12-14-4-3-5-14)22(30)31-13-19-20(24-25-27(19)2)18-9-8-17(11-23-18)32-16-7-6-15(10-16)21(28)29/h8-9,11,14-16H,3-7,10,12-13H2,1-2H3,(H,28,29)/t15-,16?/m0/s1. The molecule has 0 spiro atoms. The molecule has 2 aromatic rings. The summed E-state index contributed by atoms with van der Waals surface area (Å²) >= 11 is 0. The van der Waals surface area contributed by atoms with Gasteiger partial charge in [-0.3, -0.25) is 9.78 Å². The van der Waals surface area contributed by atoms with Crippen molar-refractivity contribution in [3.63, 3.8) is 0 Å². The van der Waals surface area contributed by atoms with E-state index in [-0.39, 0.29) is 24.7 Å². The van der Waals surface area contributed by atoms with Crippen LogP contribution in [0.15, 0.2) is 18.3 Å². The van der Waals surface area contributed by atoms with Gasteiger partial charge in [-0.1, -0.05) is 11.6 Å². The number of rotatable bonds is 8. The fourth-order valence-corrected chi connectivity index (χ4v) is 4.17. The van der Waals surface area contributed by atoms with Crippen LogP contribution in [0.4, 0.5) is 4.79 Å². The molecule has 2 aliphatic carbocycles. The van der Waals surface area contributed by atoms with Gasteiger partial charge in [0.1, 0.15) is 23.7 Å². The van der Waals surface area contributed by atoms with E-state index in [1.807, 2.05) is 0 Å². The van der Waals surface area contributed by atoms with Gasteiger partial charge in [0.15, 0.2) is 0 Å². The Bertz CT molecular complexity index is 956. The van der Waals surface area contributed by atoms with Gasteiger partial charge >= 0.3 is 12.1 Å². The van der Waals surface area contributed by atoms with Crippen LogP contribution < -0.4 is 4.74 Å². The second-order valence-corrected chi connectivity index (χ2v) is 8.71. The number of carbonyl (C=O) groups excluding carboxylic acids is 1. The van der Waals surface area contributed by atoms with Crippen molar-refractivity contribution < 1.29 is 24.2 Å². The third-order valence-corrected chi connectivity index (χ3v) is 6.36. The first kappa shape index (κ1) is 22.0. The quantitative estimate of drug-likeness (QED) is 0.661. The maximum Gasteiger partial charge on any atom is 0.409 e.